The molecule has 1 unspecified atom stereocenters. The number of hydrogen-bond acceptors (Lipinski definition) is 4. The van der Waals surface area contributed by atoms with Gasteiger partial charge in [0.25, 0.3) is 0 Å². The average molecular weight is 285 g/mol. The van der Waals surface area contributed by atoms with Crippen molar-refractivity contribution in [2.75, 3.05) is 7.05 Å². The summed E-state index contributed by atoms with van der Waals surface area (Å²) in [6, 6.07) is 10.2. The van der Waals surface area contributed by atoms with Gasteiger partial charge in [-0.25, -0.2) is 0 Å². The third-order valence-corrected chi connectivity index (χ3v) is 4.33. The van der Waals surface area contributed by atoms with E-state index in [0.29, 0.717) is 11.8 Å². The van der Waals surface area contributed by atoms with Crippen LogP contribution in [0.5, 0.6) is 0 Å². The van der Waals surface area contributed by atoms with Crippen molar-refractivity contribution in [2.24, 2.45) is 0 Å². The Balaban J connectivity index is 1.79. The maximum Gasteiger partial charge on any atom is 0.237 e. The van der Waals surface area contributed by atoms with Gasteiger partial charge in [-0.3, -0.25) is 0 Å². The summed E-state index contributed by atoms with van der Waals surface area (Å²) in [5.41, 5.74) is 1.15. The highest BCUT2D eigenvalue weighted by atomic mass is 16.4. The first kappa shape index (κ1) is 14.3. The van der Waals surface area contributed by atoms with E-state index in [0.717, 1.165) is 11.5 Å². The lowest BCUT2D eigenvalue weighted by Crippen LogP contribution is -2.17. The molecule has 1 aromatic heterocycles. The molecule has 0 spiro atoms. The van der Waals surface area contributed by atoms with Crippen LogP contribution in [0.1, 0.15) is 67.8 Å². The molecule has 1 aliphatic rings. The molecule has 2 aromatic rings. The zero-order valence-corrected chi connectivity index (χ0v) is 12.6. The Labute approximate surface area is 126 Å². The zero-order chi connectivity index (χ0) is 14.5. The fourth-order valence-corrected chi connectivity index (χ4v) is 3.13. The third-order valence-electron chi connectivity index (χ3n) is 4.33. The van der Waals surface area contributed by atoms with Crippen LogP contribution in [0, 0.1) is 0 Å². The molecule has 0 aliphatic heterocycles. The van der Waals surface area contributed by atoms with Crippen molar-refractivity contribution >= 4 is 0 Å². The molecule has 1 atom stereocenters. The molecule has 1 aliphatic carbocycles. The fourth-order valence-electron chi connectivity index (χ4n) is 3.13. The van der Waals surface area contributed by atoms with Crippen molar-refractivity contribution < 1.29 is 4.42 Å². The fraction of sp³-hybridized carbons (Fsp3) is 0.529. The van der Waals surface area contributed by atoms with Gasteiger partial charge in [0.05, 0.1) is 0 Å². The van der Waals surface area contributed by atoms with Gasteiger partial charge in [0.15, 0.2) is 0 Å². The normalized spacial score (nSPS) is 18.3. The van der Waals surface area contributed by atoms with Crippen molar-refractivity contribution in [2.45, 2.75) is 50.5 Å². The second-order valence-electron chi connectivity index (χ2n) is 5.80. The lowest BCUT2D eigenvalue weighted by molar-refractivity contribution is 0.376. The van der Waals surface area contributed by atoms with Gasteiger partial charge in [0, 0.05) is 5.92 Å². The Morgan fingerprint density at radius 2 is 1.76 bits per heavy atom. The lowest BCUT2D eigenvalue weighted by Gasteiger charge is -2.12. The van der Waals surface area contributed by atoms with Crippen LogP contribution in [0.25, 0.3) is 0 Å². The van der Waals surface area contributed by atoms with E-state index in [1.54, 1.807) is 0 Å². The Kier molecular flexibility index (Phi) is 4.65. The molecule has 0 amide bonds. The van der Waals surface area contributed by atoms with E-state index in [1.165, 1.54) is 38.5 Å². The van der Waals surface area contributed by atoms with Crippen molar-refractivity contribution in [3.05, 3.63) is 47.7 Å². The molecule has 1 N–H and O–H groups in total. The second kappa shape index (κ2) is 6.85. The van der Waals surface area contributed by atoms with E-state index >= 15 is 0 Å². The molecule has 1 fully saturated rings. The largest absolute Gasteiger partial charge is 0.423 e. The molecule has 1 aromatic carbocycles. The minimum absolute atomic E-state index is 0.0294. The molecule has 0 radical (unpaired) electrons. The van der Waals surface area contributed by atoms with Crippen LogP contribution in [0.4, 0.5) is 0 Å². The summed E-state index contributed by atoms with van der Waals surface area (Å²) in [6.45, 7) is 0. The number of rotatable bonds is 4. The summed E-state index contributed by atoms with van der Waals surface area (Å²) >= 11 is 0. The highest BCUT2D eigenvalue weighted by Gasteiger charge is 2.23. The van der Waals surface area contributed by atoms with Crippen LogP contribution in [0.2, 0.25) is 0 Å². The third kappa shape index (κ3) is 3.32. The summed E-state index contributed by atoms with van der Waals surface area (Å²) in [6.07, 6.45) is 7.57. The number of nitrogens with one attached hydrogen (secondary N) is 1. The van der Waals surface area contributed by atoms with Gasteiger partial charge in [-0.15, -0.1) is 10.2 Å². The molecule has 0 saturated heterocycles. The molecule has 0 bridgehead atoms. The van der Waals surface area contributed by atoms with Crippen molar-refractivity contribution in [1.29, 1.82) is 0 Å². The summed E-state index contributed by atoms with van der Waals surface area (Å²) in [7, 11) is 1.92. The summed E-state index contributed by atoms with van der Waals surface area (Å²) in [5, 5.41) is 11.9. The molecular formula is C17H23N3O. The molecular weight excluding hydrogens is 262 g/mol. The van der Waals surface area contributed by atoms with Gasteiger partial charge < -0.3 is 9.73 Å². The zero-order valence-electron chi connectivity index (χ0n) is 12.6. The lowest BCUT2D eigenvalue weighted by atomic mass is 10.0. The summed E-state index contributed by atoms with van der Waals surface area (Å²) < 4.78 is 6.00. The SMILES string of the molecule is CNC(c1ccccc1)c1nnc(C2CCCCCC2)o1. The summed E-state index contributed by atoms with van der Waals surface area (Å²) in [5.74, 6) is 1.94. The van der Waals surface area contributed by atoms with Crippen molar-refractivity contribution in [3.63, 3.8) is 0 Å². The maximum absolute atomic E-state index is 6.00. The quantitative estimate of drug-likeness (QED) is 0.868. The van der Waals surface area contributed by atoms with E-state index in [1.807, 2.05) is 25.2 Å². The predicted molar refractivity (Wildman–Crippen MR) is 82.1 cm³/mol. The molecule has 3 rings (SSSR count). The smallest absolute Gasteiger partial charge is 0.237 e. The molecule has 112 valence electrons. The van der Waals surface area contributed by atoms with E-state index in [4.69, 9.17) is 4.42 Å². The molecule has 21 heavy (non-hydrogen) atoms. The van der Waals surface area contributed by atoms with Crippen molar-refractivity contribution in [3.8, 4) is 0 Å². The van der Waals surface area contributed by atoms with Gasteiger partial charge in [0.2, 0.25) is 11.8 Å². The first-order valence-corrected chi connectivity index (χ1v) is 7.94. The van der Waals surface area contributed by atoms with Crippen LogP contribution in [-0.2, 0) is 0 Å². The standard InChI is InChI=1S/C17H23N3O/c1-18-15(13-9-7-4-8-10-13)17-20-19-16(21-17)14-11-5-2-3-6-12-14/h4,7-10,14-15,18H,2-3,5-6,11-12H2,1H3. The second-order valence-corrected chi connectivity index (χ2v) is 5.80. The average Bonchev–Trinajstić information content (AvgIpc) is 2.84. The Bertz CT molecular complexity index is 544. The van der Waals surface area contributed by atoms with E-state index in [9.17, 15) is 0 Å². The van der Waals surface area contributed by atoms with E-state index < -0.39 is 0 Å². The molecule has 1 saturated carbocycles. The monoisotopic (exact) mass is 285 g/mol. The topological polar surface area (TPSA) is 51.0 Å². The van der Waals surface area contributed by atoms with Crippen LogP contribution >= 0.6 is 0 Å². The van der Waals surface area contributed by atoms with Gasteiger partial charge in [-0.05, 0) is 25.5 Å². The number of benzene rings is 1. The van der Waals surface area contributed by atoms with E-state index in [2.05, 4.69) is 27.6 Å². The first-order chi connectivity index (χ1) is 10.4. The number of hydrogen-bond donors (Lipinski definition) is 1. The molecule has 4 heteroatoms. The highest BCUT2D eigenvalue weighted by molar-refractivity contribution is 5.23. The Hall–Kier alpha value is -1.68. The van der Waals surface area contributed by atoms with Crippen molar-refractivity contribution in [1.82, 2.24) is 15.5 Å². The number of aromatic nitrogens is 2. The minimum Gasteiger partial charge on any atom is -0.423 e. The van der Waals surface area contributed by atoms with Gasteiger partial charge in [-0.2, -0.15) is 0 Å². The number of nitrogens with zero attached hydrogens (tertiary/aromatic N) is 2. The Morgan fingerprint density at radius 1 is 1.05 bits per heavy atom. The van der Waals surface area contributed by atoms with Gasteiger partial charge in [0.1, 0.15) is 6.04 Å². The van der Waals surface area contributed by atoms with Crippen LogP contribution in [-0.4, -0.2) is 17.2 Å². The maximum atomic E-state index is 6.00. The molecule has 1 heterocycles. The first-order valence-electron chi connectivity index (χ1n) is 7.94. The van der Waals surface area contributed by atoms with E-state index in [-0.39, 0.29) is 6.04 Å². The molecule has 4 nitrogen and oxygen atoms in total. The van der Waals surface area contributed by atoms with Gasteiger partial charge >= 0.3 is 0 Å². The minimum atomic E-state index is -0.0294. The summed E-state index contributed by atoms with van der Waals surface area (Å²) in [4.78, 5) is 0. The van der Waals surface area contributed by atoms with Crippen LogP contribution < -0.4 is 5.32 Å². The van der Waals surface area contributed by atoms with Crippen LogP contribution in [0.3, 0.4) is 0 Å². The predicted octanol–water partition coefficient (Wildman–Crippen LogP) is 3.82. The highest BCUT2D eigenvalue weighted by Crippen LogP contribution is 2.32. The Morgan fingerprint density at radius 3 is 2.43 bits per heavy atom. The van der Waals surface area contributed by atoms with Crippen LogP contribution in [0.15, 0.2) is 34.7 Å². The van der Waals surface area contributed by atoms with Gasteiger partial charge in [-0.1, -0.05) is 56.0 Å².